The molecule has 1 aromatic carbocycles. The summed E-state index contributed by atoms with van der Waals surface area (Å²) < 4.78 is 5.73. The topological polar surface area (TPSA) is 41.6 Å². The van der Waals surface area contributed by atoms with Gasteiger partial charge in [-0.25, -0.2) is 0 Å². The molecule has 0 spiro atoms. The number of amides is 1. The van der Waals surface area contributed by atoms with E-state index < -0.39 is 0 Å². The van der Waals surface area contributed by atoms with Gasteiger partial charge in [0.1, 0.15) is 5.75 Å². The lowest BCUT2D eigenvalue weighted by Crippen LogP contribution is -2.33. The highest BCUT2D eigenvalue weighted by Crippen LogP contribution is 2.29. The highest BCUT2D eigenvalue weighted by Gasteiger charge is 2.29. The molecule has 1 aliphatic rings. The molecule has 0 saturated heterocycles. The molecule has 1 fully saturated rings. The van der Waals surface area contributed by atoms with E-state index in [1.807, 2.05) is 19.2 Å². The molecule has 0 aromatic heterocycles. The number of nitrogens with one attached hydrogen (secondary N) is 1. The highest BCUT2D eigenvalue weighted by molar-refractivity contribution is 6.30. The van der Waals surface area contributed by atoms with E-state index in [1.165, 1.54) is 0 Å². The summed E-state index contributed by atoms with van der Waals surface area (Å²) >= 11 is 6.07. The lowest BCUT2D eigenvalue weighted by Gasteiger charge is -2.20. The number of rotatable bonds is 7. The molecule has 21 heavy (non-hydrogen) atoms. The minimum absolute atomic E-state index is 0.0227. The standard InChI is InChI=1S/C16H23ClN2O2/c1-4-18-11(2)14-9-12(17)5-8-15(14)21-10-16(20)19(3)13-6-7-13/h5,8-9,11,13,18H,4,6-7,10H2,1-3H3. The molecule has 1 saturated carbocycles. The van der Waals surface area contributed by atoms with E-state index in [1.54, 1.807) is 11.0 Å². The molecule has 1 unspecified atom stereocenters. The smallest absolute Gasteiger partial charge is 0.260 e. The van der Waals surface area contributed by atoms with Crippen LogP contribution in [0.2, 0.25) is 5.02 Å². The zero-order valence-corrected chi connectivity index (χ0v) is 13.6. The van der Waals surface area contributed by atoms with Crippen LogP contribution in [0.15, 0.2) is 18.2 Å². The predicted molar refractivity (Wildman–Crippen MR) is 84.8 cm³/mol. The minimum Gasteiger partial charge on any atom is -0.483 e. The monoisotopic (exact) mass is 310 g/mol. The molecule has 0 heterocycles. The SMILES string of the molecule is CCNC(C)c1cc(Cl)ccc1OCC(=O)N(C)C1CC1. The third-order valence-electron chi connectivity index (χ3n) is 3.79. The van der Waals surface area contributed by atoms with Gasteiger partial charge in [-0.3, -0.25) is 4.79 Å². The molecule has 1 N–H and O–H groups in total. The number of nitrogens with zero attached hydrogens (tertiary/aromatic N) is 1. The Bertz CT molecular complexity index is 503. The van der Waals surface area contributed by atoms with Crippen LogP contribution in [-0.4, -0.2) is 37.0 Å². The largest absolute Gasteiger partial charge is 0.483 e. The van der Waals surface area contributed by atoms with Crippen molar-refractivity contribution in [1.29, 1.82) is 0 Å². The summed E-state index contributed by atoms with van der Waals surface area (Å²) in [6, 6.07) is 6.04. The quantitative estimate of drug-likeness (QED) is 0.841. The van der Waals surface area contributed by atoms with Gasteiger partial charge >= 0.3 is 0 Å². The van der Waals surface area contributed by atoms with Gasteiger partial charge in [0.2, 0.25) is 0 Å². The first-order valence-corrected chi connectivity index (χ1v) is 7.82. The Labute approximate surface area is 131 Å². The normalized spacial score (nSPS) is 15.6. The third-order valence-corrected chi connectivity index (χ3v) is 4.02. The lowest BCUT2D eigenvalue weighted by atomic mass is 10.1. The van der Waals surface area contributed by atoms with E-state index in [2.05, 4.69) is 19.2 Å². The molecule has 0 aliphatic heterocycles. The van der Waals surface area contributed by atoms with E-state index in [4.69, 9.17) is 16.3 Å². The summed E-state index contributed by atoms with van der Waals surface area (Å²) in [6.45, 7) is 5.03. The molecular formula is C16H23ClN2O2. The van der Waals surface area contributed by atoms with Gasteiger partial charge in [0.05, 0.1) is 0 Å². The number of hydrogen-bond acceptors (Lipinski definition) is 3. The molecule has 1 aromatic rings. The van der Waals surface area contributed by atoms with Gasteiger partial charge in [0, 0.05) is 29.7 Å². The fourth-order valence-electron chi connectivity index (χ4n) is 2.31. The van der Waals surface area contributed by atoms with Gasteiger partial charge in [-0.1, -0.05) is 18.5 Å². The van der Waals surface area contributed by atoms with Crippen LogP contribution in [0.3, 0.4) is 0 Å². The maximum Gasteiger partial charge on any atom is 0.260 e. The number of ether oxygens (including phenoxy) is 1. The van der Waals surface area contributed by atoms with Gasteiger partial charge < -0.3 is 15.0 Å². The Morgan fingerprint density at radius 3 is 2.86 bits per heavy atom. The fourth-order valence-corrected chi connectivity index (χ4v) is 2.49. The van der Waals surface area contributed by atoms with Crippen LogP contribution >= 0.6 is 11.6 Å². The van der Waals surface area contributed by atoms with Crippen molar-refractivity contribution in [3.8, 4) is 5.75 Å². The summed E-state index contributed by atoms with van der Waals surface area (Å²) in [7, 11) is 1.84. The molecule has 0 radical (unpaired) electrons. The first-order chi connectivity index (χ1) is 10.0. The second-order valence-electron chi connectivity index (χ2n) is 5.49. The Morgan fingerprint density at radius 2 is 2.24 bits per heavy atom. The molecule has 1 amide bonds. The van der Waals surface area contributed by atoms with Crippen molar-refractivity contribution in [2.45, 2.75) is 38.8 Å². The van der Waals surface area contributed by atoms with Crippen LogP contribution in [0.4, 0.5) is 0 Å². The first kappa shape index (κ1) is 16.1. The summed E-state index contributed by atoms with van der Waals surface area (Å²) in [6.07, 6.45) is 2.21. The Kier molecular flexibility index (Phi) is 5.48. The molecule has 4 nitrogen and oxygen atoms in total. The zero-order chi connectivity index (χ0) is 15.4. The summed E-state index contributed by atoms with van der Waals surface area (Å²) in [5.41, 5.74) is 0.978. The van der Waals surface area contributed by atoms with Gasteiger partial charge in [0.25, 0.3) is 5.91 Å². The molecule has 1 aliphatic carbocycles. The van der Waals surface area contributed by atoms with E-state index in [9.17, 15) is 4.79 Å². The molecule has 1 atom stereocenters. The van der Waals surface area contributed by atoms with Crippen molar-refractivity contribution in [3.05, 3.63) is 28.8 Å². The Morgan fingerprint density at radius 1 is 1.52 bits per heavy atom. The summed E-state index contributed by atoms with van der Waals surface area (Å²) in [5.74, 6) is 0.736. The molecule has 2 rings (SSSR count). The number of halogens is 1. The number of benzene rings is 1. The van der Waals surface area contributed by atoms with E-state index in [0.29, 0.717) is 16.8 Å². The molecular weight excluding hydrogens is 288 g/mol. The lowest BCUT2D eigenvalue weighted by molar-refractivity contribution is -0.132. The second-order valence-corrected chi connectivity index (χ2v) is 5.92. The third kappa shape index (κ3) is 4.35. The van der Waals surface area contributed by atoms with Crippen LogP contribution in [0, 0.1) is 0 Å². The van der Waals surface area contributed by atoms with E-state index in [0.717, 1.165) is 24.9 Å². The minimum atomic E-state index is 0.0227. The molecule has 0 bridgehead atoms. The zero-order valence-electron chi connectivity index (χ0n) is 12.9. The maximum atomic E-state index is 12.0. The van der Waals surface area contributed by atoms with Crippen LogP contribution in [0.25, 0.3) is 0 Å². The summed E-state index contributed by atoms with van der Waals surface area (Å²) in [5, 5.41) is 4.00. The highest BCUT2D eigenvalue weighted by atomic mass is 35.5. The van der Waals surface area contributed by atoms with Crippen LogP contribution < -0.4 is 10.1 Å². The number of carbonyl (C=O) groups excluding carboxylic acids is 1. The fraction of sp³-hybridized carbons (Fsp3) is 0.562. The van der Waals surface area contributed by atoms with Crippen molar-refractivity contribution < 1.29 is 9.53 Å². The first-order valence-electron chi connectivity index (χ1n) is 7.44. The van der Waals surface area contributed by atoms with Crippen molar-refractivity contribution in [3.63, 3.8) is 0 Å². The van der Waals surface area contributed by atoms with Crippen molar-refractivity contribution in [1.82, 2.24) is 10.2 Å². The summed E-state index contributed by atoms with van der Waals surface area (Å²) in [4.78, 5) is 13.8. The van der Waals surface area contributed by atoms with Crippen molar-refractivity contribution in [2.75, 3.05) is 20.2 Å². The van der Waals surface area contributed by atoms with Gasteiger partial charge in [0.15, 0.2) is 6.61 Å². The van der Waals surface area contributed by atoms with Crippen LogP contribution in [0.5, 0.6) is 5.75 Å². The number of hydrogen-bond donors (Lipinski definition) is 1. The van der Waals surface area contributed by atoms with Gasteiger partial charge in [-0.15, -0.1) is 0 Å². The van der Waals surface area contributed by atoms with E-state index in [-0.39, 0.29) is 18.6 Å². The predicted octanol–water partition coefficient (Wildman–Crippen LogP) is 3.01. The van der Waals surface area contributed by atoms with Crippen LogP contribution in [0.1, 0.15) is 38.3 Å². The van der Waals surface area contributed by atoms with Crippen LogP contribution in [-0.2, 0) is 4.79 Å². The molecule has 5 heteroatoms. The maximum absolute atomic E-state index is 12.0. The Hall–Kier alpha value is -1.26. The number of likely N-dealkylation sites (N-methyl/N-ethyl adjacent to an activating group) is 1. The van der Waals surface area contributed by atoms with Crippen molar-refractivity contribution >= 4 is 17.5 Å². The van der Waals surface area contributed by atoms with E-state index >= 15 is 0 Å². The average molecular weight is 311 g/mol. The average Bonchev–Trinajstić information content (AvgIpc) is 3.29. The van der Waals surface area contributed by atoms with Gasteiger partial charge in [-0.2, -0.15) is 0 Å². The van der Waals surface area contributed by atoms with Crippen molar-refractivity contribution in [2.24, 2.45) is 0 Å². The number of carbonyl (C=O) groups is 1. The Balaban J connectivity index is 2.02. The van der Waals surface area contributed by atoms with Gasteiger partial charge in [-0.05, 0) is 44.5 Å². The second kappa shape index (κ2) is 7.14. The molecule has 116 valence electrons.